The van der Waals surface area contributed by atoms with Crippen LogP contribution in [-0.4, -0.2) is 58.5 Å². The molecule has 2 unspecified atom stereocenters. The van der Waals surface area contributed by atoms with E-state index in [0.717, 1.165) is 25.8 Å². The highest BCUT2D eigenvalue weighted by Gasteiger charge is 2.34. The molecule has 2 aliphatic heterocycles. The Morgan fingerprint density at radius 1 is 1.04 bits per heavy atom. The van der Waals surface area contributed by atoms with E-state index in [9.17, 15) is 14.7 Å². The van der Waals surface area contributed by atoms with Crippen LogP contribution in [0, 0.1) is 0 Å². The normalized spacial score (nSPS) is 24.5. The third-order valence-corrected chi connectivity index (χ3v) is 5.33. The van der Waals surface area contributed by atoms with E-state index >= 15 is 0 Å². The van der Waals surface area contributed by atoms with Crippen LogP contribution < -0.4 is 0 Å². The van der Waals surface area contributed by atoms with Crippen LogP contribution in [0.3, 0.4) is 0 Å². The van der Waals surface area contributed by atoms with Gasteiger partial charge in [-0.05, 0) is 51.3 Å². The Morgan fingerprint density at radius 2 is 1.67 bits per heavy atom. The quantitative estimate of drug-likeness (QED) is 0.642. The van der Waals surface area contributed by atoms with Gasteiger partial charge in [-0.1, -0.05) is 18.6 Å². The van der Waals surface area contributed by atoms with E-state index in [1.165, 1.54) is 17.7 Å². The number of nitrogens with zero attached hydrogens (tertiary/aromatic N) is 2. The van der Waals surface area contributed by atoms with Crippen molar-refractivity contribution in [3.63, 3.8) is 0 Å². The van der Waals surface area contributed by atoms with Crippen molar-refractivity contribution in [3.05, 3.63) is 35.4 Å². The number of carbonyl (C=O) groups excluding carboxylic acids is 2. The van der Waals surface area contributed by atoms with Gasteiger partial charge in [0, 0.05) is 18.6 Å². The molecule has 2 aliphatic rings. The van der Waals surface area contributed by atoms with E-state index in [1.807, 2.05) is 0 Å². The molecular formula is C19H26N2O3. The molecule has 1 N–H and O–H groups in total. The van der Waals surface area contributed by atoms with Gasteiger partial charge in [0.15, 0.2) is 0 Å². The Labute approximate surface area is 143 Å². The standard InChI is InChI=1S/C19H26N2O3/c1-14-7-6-8-15(13-22)20(14)11-4-5-12-21-18(23)16-9-2-3-10-17(16)19(21)24/h2-3,9-10,14-15,22H,4-8,11-13H2,1H3. The van der Waals surface area contributed by atoms with Crippen molar-refractivity contribution < 1.29 is 14.7 Å². The van der Waals surface area contributed by atoms with Crippen LogP contribution in [0.2, 0.25) is 0 Å². The second-order valence-corrected chi connectivity index (χ2v) is 6.87. The Hall–Kier alpha value is -1.72. The van der Waals surface area contributed by atoms with Gasteiger partial charge in [-0.2, -0.15) is 0 Å². The van der Waals surface area contributed by atoms with Crippen molar-refractivity contribution in [1.82, 2.24) is 9.80 Å². The lowest BCUT2D eigenvalue weighted by Gasteiger charge is -2.40. The van der Waals surface area contributed by atoms with Crippen molar-refractivity contribution in [2.24, 2.45) is 0 Å². The van der Waals surface area contributed by atoms with Crippen LogP contribution in [-0.2, 0) is 0 Å². The highest BCUT2D eigenvalue weighted by molar-refractivity contribution is 6.21. The first-order valence-electron chi connectivity index (χ1n) is 8.95. The van der Waals surface area contributed by atoms with E-state index in [4.69, 9.17) is 0 Å². The zero-order chi connectivity index (χ0) is 17.1. The number of imide groups is 1. The molecule has 1 fully saturated rings. The van der Waals surface area contributed by atoms with Crippen LogP contribution in [0.15, 0.2) is 24.3 Å². The number of unbranched alkanes of at least 4 members (excludes halogenated alkanes) is 1. The second kappa shape index (κ2) is 7.45. The predicted octanol–water partition coefficient (Wildman–Crippen LogP) is 2.30. The van der Waals surface area contributed by atoms with Crippen LogP contribution in [0.25, 0.3) is 0 Å². The third kappa shape index (κ3) is 3.23. The van der Waals surface area contributed by atoms with E-state index < -0.39 is 0 Å². The maximum absolute atomic E-state index is 12.3. The van der Waals surface area contributed by atoms with Gasteiger partial charge in [0.2, 0.25) is 0 Å². The molecule has 5 nitrogen and oxygen atoms in total. The molecule has 24 heavy (non-hydrogen) atoms. The van der Waals surface area contributed by atoms with Gasteiger partial charge >= 0.3 is 0 Å². The summed E-state index contributed by atoms with van der Waals surface area (Å²) in [6.07, 6.45) is 5.13. The number of fused-ring (bicyclic) bond motifs is 1. The van der Waals surface area contributed by atoms with Crippen LogP contribution >= 0.6 is 0 Å². The number of aliphatic hydroxyl groups excluding tert-OH is 1. The minimum atomic E-state index is -0.171. The molecule has 5 heteroatoms. The fourth-order valence-corrected chi connectivity index (χ4v) is 3.95. The first-order valence-corrected chi connectivity index (χ1v) is 8.95. The van der Waals surface area contributed by atoms with Gasteiger partial charge in [-0.15, -0.1) is 0 Å². The fraction of sp³-hybridized carbons (Fsp3) is 0.579. The SMILES string of the molecule is CC1CCCC(CO)N1CCCCN1C(=O)c2ccccc2C1=O. The summed E-state index contributed by atoms with van der Waals surface area (Å²) in [4.78, 5) is 28.4. The number of aliphatic hydroxyl groups is 1. The van der Waals surface area contributed by atoms with Gasteiger partial charge in [0.05, 0.1) is 17.7 Å². The Kier molecular flexibility index (Phi) is 5.31. The summed E-state index contributed by atoms with van der Waals surface area (Å²) in [5.41, 5.74) is 1.04. The van der Waals surface area contributed by atoms with Gasteiger partial charge in [0.25, 0.3) is 11.8 Å². The second-order valence-electron chi connectivity index (χ2n) is 6.87. The number of likely N-dealkylation sites (tertiary alicyclic amines) is 1. The van der Waals surface area contributed by atoms with Crippen LogP contribution in [0.1, 0.15) is 59.7 Å². The topological polar surface area (TPSA) is 60.9 Å². The predicted molar refractivity (Wildman–Crippen MR) is 91.9 cm³/mol. The Bertz CT molecular complexity index is 581. The molecule has 2 heterocycles. The molecule has 0 bridgehead atoms. The molecule has 0 radical (unpaired) electrons. The summed E-state index contributed by atoms with van der Waals surface area (Å²) in [6, 6.07) is 7.78. The summed E-state index contributed by atoms with van der Waals surface area (Å²) >= 11 is 0. The molecule has 0 aromatic heterocycles. The lowest BCUT2D eigenvalue weighted by molar-refractivity contribution is 0.0490. The lowest BCUT2D eigenvalue weighted by atomic mass is 9.96. The number of hydrogen-bond donors (Lipinski definition) is 1. The summed E-state index contributed by atoms with van der Waals surface area (Å²) in [5, 5.41) is 9.54. The molecule has 130 valence electrons. The number of carbonyl (C=O) groups is 2. The Morgan fingerprint density at radius 3 is 2.29 bits per heavy atom. The number of piperidine rings is 1. The van der Waals surface area contributed by atoms with Gasteiger partial charge in [0.1, 0.15) is 0 Å². The maximum atomic E-state index is 12.3. The van der Waals surface area contributed by atoms with Gasteiger partial charge in [-0.3, -0.25) is 19.4 Å². The molecule has 0 spiro atoms. The van der Waals surface area contributed by atoms with E-state index in [0.29, 0.717) is 23.7 Å². The van der Waals surface area contributed by atoms with E-state index in [1.54, 1.807) is 24.3 Å². The average Bonchev–Trinajstić information content (AvgIpc) is 2.84. The smallest absolute Gasteiger partial charge is 0.261 e. The monoisotopic (exact) mass is 330 g/mol. The van der Waals surface area contributed by atoms with Crippen LogP contribution in [0.4, 0.5) is 0 Å². The van der Waals surface area contributed by atoms with Crippen molar-refractivity contribution in [2.75, 3.05) is 19.7 Å². The van der Waals surface area contributed by atoms with Crippen molar-refractivity contribution in [1.29, 1.82) is 0 Å². The first-order chi connectivity index (χ1) is 11.6. The number of hydrogen-bond acceptors (Lipinski definition) is 4. The van der Waals surface area contributed by atoms with Crippen molar-refractivity contribution in [3.8, 4) is 0 Å². The van der Waals surface area contributed by atoms with Crippen LogP contribution in [0.5, 0.6) is 0 Å². The summed E-state index contributed by atoms with van der Waals surface area (Å²) in [7, 11) is 0. The zero-order valence-corrected chi connectivity index (χ0v) is 14.3. The third-order valence-electron chi connectivity index (χ3n) is 5.33. The molecule has 0 aliphatic carbocycles. The summed E-state index contributed by atoms with van der Waals surface area (Å²) in [6.45, 7) is 3.81. The molecule has 3 rings (SSSR count). The highest BCUT2D eigenvalue weighted by Crippen LogP contribution is 2.24. The molecule has 1 saturated heterocycles. The highest BCUT2D eigenvalue weighted by atomic mass is 16.3. The van der Waals surface area contributed by atoms with Gasteiger partial charge in [-0.25, -0.2) is 0 Å². The molecule has 2 atom stereocenters. The minimum Gasteiger partial charge on any atom is -0.395 e. The fourth-order valence-electron chi connectivity index (χ4n) is 3.95. The largest absolute Gasteiger partial charge is 0.395 e. The van der Waals surface area contributed by atoms with Gasteiger partial charge < -0.3 is 5.11 Å². The summed E-state index contributed by atoms with van der Waals surface area (Å²) < 4.78 is 0. The minimum absolute atomic E-state index is 0.171. The lowest BCUT2D eigenvalue weighted by Crippen LogP contribution is -2.47. The first kappa shape index (κ1) is 17.1. The van der Waals surface area contributed by atoms with E-state index in [-0.39, 0.29) is 24.5 Å². The van der Waals surface area contributed by atoms with E-state index in [2.05, 4.69) is 11.8 Å². The molecular weight excluding hydrogens is 304 g/mol. The maximum Gasteiger partial charge on any atom is 0.261 e. The average molecular weight is 330 g/mol. The molecule has 0 saturated carbocycles. The van der Waals surface area contributed by atoms with Crippen molar-refractivity contribution >= 4 is 11.8 Å². The summed E-state index contributed by atoms with van der Waals surface area (Å²) in [5.74, 6) is -0.342. The van der Waals surface area contributed by atoms with Crippen molar-refractivity contribution in [2.45, 2.75) is 51.1 Å². The number of benzene rings is 1. The Balaban J connectivity index is 1.51. The molecule has 1 aromatic rings. The molecule has 1 aromatic carbocycles. The molecule has 2 amide bonds. The number of amides is 2. The zero-order valence-electron chi connectivity index (χ0n) is 14.3. The number of rotatable bonds is 6.